The van der Waals surface area contributed by atoms with Gasteiger partial charge in [-0.1, -0.05) is 12.1 Å². The predicted octanol–water partition coefficient (Wildman–Crippen LogP) is 2.99. The smallest absolute Gasteiger partial charge is 0.229 e. The van der Waals surface area contributed by atoms with E-state index in [1.54, 1.807) is 25.2 Å². The molecule has 0 atom stereocenters. The van der Waals surface area contributed by atoms with Gasteiger partial charge in [0.2, 0.25) is 5.91 Å². The van der Waals surface area contributed by atoms with Crippen LogP contribution in [-0.2, 0) is 9.53 Å². The number of nitrogens with zero attached hydrogens (tertiary/aromatic N) is 1. The quantitative estimate of drug-likeness (QED) is 0.825. The summed E-state index contributed by atoms with van der Waals surface area (Å²) in [6.45, 7) is 6.12. The summed E-state index contributed by atoms with van der Waals surface area (Å²) in [6.07, 6.45) is 0.238. The maximum atomic E-state index is 13.5. The van der Waals surface area contributed by atoms with Crippen LogP contribution >= 0.6 is 0 Å². The molecule has 0 spiro atoms. The van der Waals surface area contributed by atoms with Crippen LogP contribution in [0.1, 0.15) is 27.2 Å². The highest BCUT2D eigenvalue weighted by atomic mass is 19.1. The van der Waals surface area contributed by atoms with Crippen molar-refractivity contribution in [2.75, 3.05) is 18.6 Å². The zero-order valence-electron chi connectivity index (χ0n) is 11.4. The van der Waals surface area contributed by atoms with Gasteiger partial charge >= 0.3 is 0 Å². The van der Waals surface area contributed by atoms with Gasteiger partial charge in [-0.25, -0.2) is 4.39 Å². The van der Waals surface area contributed by atoms with Crippen LogP contribution in [0.25, 0.3) is 0 Å². The molecule has 0 unspecified atom stereocenters. The van der Waals surface area contributed by atoms with Crippen LogP contribution in [0.4, 0.5) is 10.1 Å². The van der Waals surface area contributed by atoms with Crippen molar-refractivity contribution in [2.24, 2.45) is 0 Å². The average molecular weight is 253 g/mol. The summed E-state index contributed by atoms with van der Waals surface area (Å²) >= 11 is 0. The SMILES string of the molecule is CN(C(=O)CCOC(C)(C)C)c1ccccc1F. The minimum atomic E-state index is -0.398. The molecule has 0 radical (unpaired) electrons. The Kier molecular flexibility index (Phi) is 4.84. The second-order valence-electron chi connectivity index (χ2n) is 5.12. The summed E-state index contributed by atoms with van der Waals surface area (Å²) < 4.78 is 19.0. The lowest BCUT2D eigenvalue weighted by molar-refractivity contribution is -0.120. The van der Waals surface area contributed by atoms with Crippen molar-refractivity contribution in [1.29, 1.82) is 0 Å². The lowest BCUT2D eigenvalue weighted by atomic mass is 10.2. The van der Waals surface area contributed by atoms with Gasteiger partial charge in [0.1, 0.15) is 5.82 Å². The predicted molar refractivity (Wildman–Crippen MR) is 70.1 cm³/mol. The summed E-state index contributed by atoms with van der Waals surface area (Å²) in [4.78, 5) is 13.2. The van der Waals surface area contributed by atoms with E-state index in [4.69, 9.17) is 4.74 Å². The molecule has 1 aromatic carbocycles. The fourth-order valence-electron chi connectivity index (χ4n) is 1.47. The monoisotopic (exact) mass is 253 g/mol. The Morgan fingerprint density at radius 3 is 2.50 bits per heavy atom. The molecular weight excluding hydrogens is 233 g/mol. The minimum absolute atomic E-state index is 0.163. The lowest BCUT2D eigenvalue weighted by Gasteiger charge is -2.21. The molecule has 0 aromatic heterocycles. The number of halogens is 1. The van der Waals surface area contributed by atoms with Crippen molar-refractivity contribution in [3.8, 4) is 0 Å². The number of hydrogen-bond donors (Lipinski definition) is 0. The number of benzene rings is 1. The summed E-state index contributed by atoms with van der Waals surface area (Å²) in [7, 11) is 1.57. The Labute approximate surface area is 108 Å². The van der Waals surface area contributed by atoms with Crippen LogP contribution in [0.3, 0.4) is 0 Å². The summed E-state index contributed by atoms with van der Waals surface area (Å²) in [6, 6.07) is 6.22. The zero-order valence-corrected chi connectivity index (χ0v) is 11.4. The lowest BCUT2D eigenvalue weighted by Crippen LogP contribution is -2.29. The second kappa shape index (κ2) is 5.96. The van der Waals surface area contributed by atoms with E-state index in [2.05, 4.69) is 0 Å². The Hall–Kier alpha value is -1.42. The molecule has 0 aliphatic heterocycles. The topological polar surface area (TPSA) is 29.5 Å². The molecular formula is C14H20FNO2. The van der Waals surface area contributed by atoms with E-state index in [1.165, 1.54) is 11.0 Å². The van der Waals surface area contributed by atoms with Crippen molar-refractivity contribution >= 4 is 11.6 Å². The Balaban J connectivity index is 2.55. The Morgan fingerprint density at radius 2 is 1.94 bits per heavy atom. The number of carbonyl (C=O) groups is 1. The van der Waals surface area contributed by atoms with Gasteiger partial charge in [-0.3, -0.25) is 4.79 Å². The second-order valence-corrected chi connectivity index (χ2v) is 5.12. The van der Waals surface area contributed by atoms with Gasteiger partial charge in [0.15, 0.2) is 0 Å². The standard InChI is InChI=1S/C14H20FNO2/c1-14(2,3)18-10-9-13(17)16(4)12-8-6-5-7-11(12)15/h5-8H,9-10H2,1-4H3. The van der Waals surface area contributed by atoms with Gasteiger partial charge in [-0.05, 0) is 32.9 Å². The van der Waals surface area contributed by atoms with Crippen LogP contribution < -0.4 is 4.90 Å². The van der Waals surface area contributed by atoms with Gasteiger partial charge in [-0.2, -0.15) is 0 Å². The number of anilines is 1. The third kappa shape index (κ3) is 4.45. The first-order valence-electron chi connectivity index (χ1n) is 5.96. The molecule has 1 aromatic rings. The fraction of sp³-hybridized carbons (Fsp3) is 0.500. The number of amides is 1. The van der Waals surface area contributed by atoms with Crippen LogP contribution in [0.2, 0.25) is 0 Å². The van der Waals surface area contributed by atoms with Crippen LogP contribution in [-0.4, -0.2) is 25.2 Å². The minimum Gasteiger partial charge on any atom is -0.375 e. The van der Waals surface area contributed by atoms with Gasteiger partial charge in [0.25, 0.3) is 0 Å². The summed E-state index contributed by atoms with van der Waals surface area (Å²) in [5.41, 5.74) is 0.0230. The molecule has 3 nitrogen and oxygen atoms in total. The molecule has 0 heterocycles. The van der Waals surface area contributed by atoms with Gasteiger partial charge in [-0.15, -0.1) is 0 Å². The number of ether oxygens (including phenoxy) is 1. The van der Waals surface area contributed by atoms with Crippen LogP contribution in [0.15, 0.2) is 24.3 Å². The molecule has 100 valence electrons. The summed E-state index contributed by atoms with van der Waals surface area (Å²) in [5.74, 6) is -0.561. The van der Waals surface area contributed by atoms with Crippen molar-refractivity contribution in [3.05, 3.63) is 30.1 Å². The number of carbonyl (C=O) groups excluding carboxylic acids is 1. The van der Waals surface area contributed by atoms with Crippen molar-refractivity contribution < 1.29 is 13.9 Å². The maximum absolute atomic E-state index is 13.5. The zero-order chi connectivity index (χ0) is 13.8. The first kappa shape index (κ1) is 14.6. The van der Waals surface area contributed by atoms with Crippen LogP contribution in [0, 0.1) is 5.82 Å². The first-order valence-corrected chi connectivity index (χ1v) is 5.96. The van der Waals surface area contributed by atoms with E-state index in [9.17, 15) is 9.18 Å². The van der Waals surface area contributed by atoms with Gasteiger partial charge in [0, 0.05) is 7.05 Å². The maximum Gasteiger partial charge on any atom is 0.229 e. The van der Waals surface area contributed by atoms with E-state index in [0.717, 1.165) is 0 Å². The van der Waals surface area contributed by atoms with Crippen LogP contribution in [0.5, 0.6) is 0 Å². The molecule has 0 fully saturated rings. The highest BCUT2D eigenvalue weighted by Gasteiger charge is 2.16. The molecule has 1 rings (SSSR count). The van der Waals surface area contributed by atoms with Crippen molar-refractivity contribution in [3.63, 3.8) is 0 Å². The number of rotatable bonds is 4. The Bertz CT molecular complexity index is 413. The third-order valence-electron chi connectivity index (χ3n) is 2.44. The highest BCUT2D eigenvalue weighted by molar-refractivity contribution is 5.92. The Morgan fingerprint density at radius 1 is 1.33 bits per heavy atom. The largest absolute Gasteiger partial charge is 0.375 e. The summed E-state index contributed by atoms with van der Waals surface area (Å²) in [5, 5.41) is 0. The van der Waals surface area contributed by atoms with E-state index in [0.29, 0.717) is 12.3 Å². The van der Waals surface area contributed by atoms with E-state index < -0.39 is 5.82 Å². The van der Waals surface area contributed by atoms with Gasteiger partial charge in [0.05, 0.1) is 24.3 Å². The molecule has 0 saturated heterocycles. The van der Waals surface area contributed by atoms with E-state index >= 15 is 0 Å². The number of para-hydroxylation sites is 1. The molecule has 1 amide bonds. The average Bonchev–Trinajstić information content (AvgIpc) is 2.27. The molecule has 0 aliphatic carbocycles. The fourth-order valence-corrected chi connectivity index (χ4v) is 1.47. The van der Waals surface area contributed by atoms with Crippen molar-refractivity contribution in [2.45, 2.75) is 32.8 Å². The normalized spacial score (nSPS) is 11.4. The molecule has 18 heavy (non-hydrogen) atoms. The first-order chi connectivity index (χ1) is 8.31. The highest BCUT2D eigenvalue weighted by Crippen LogP contribution is 2.18. The third-order valence-corrected chi connectivity index (χ3v) is 2.44. The molecule has 4 heteroatoms. The molecule has 0 aliphatic rings. The van der Waals surface area contributed by atoms with Crippen molar-refractivity contribution in [1.82, 2.24) is 0 Å². The molecule has 0 bridgehead atoms. The van der Waals surface area contributed by atoms with E-state index in [1.807, 2.05) is 20.8 Å². The van der Waals surface area contributed by atoms with Gasteiger partial charge < -0.3 is 9.64 Å². The van der Waals surface area contributed by atoms with E-state index in [-0.39, 0.29) is 17.9 Å². The molecule has 0 saturated carbocycles. The molecule has 0 N–H and O–H groups in total. The number of hydrogen-bond acceptors (Lipinski definition) is 2.